The van der Waals surface area contributed by atoms with Gasteiger partial charge in [0, 0.05) is 13.0 Å². The molecule has 1 amide bonds. The smallest absolute Gasteiger partial charge is 0.391 e. The van der Waals surface area contributed by atoms with Crippen molar-refractivity contribution >= 4 is 17.5 Å². The number of amides is 1. The Bertz CT molecular complexity index is 1230. The van der Waals surface area contributed by atoms with Crippen LogP contribution in [0.25, 0.3) is 5.69 Å². The summed E-state index contributed by atoms with van der Waals surface area (Å²) in [7, 11) is 1.39. The van der Waals surface area contributed by atoms with Gasteiger partial charge < -0.3 is 15.2 Å². The molecule has 1 heterocycles. The van der Waals surface area contributed by atoms with Gasteiger partial charge in [0.25, 0.3) is 5.91 Å². The lowest BCUT2D eigenvalue weighted by Crippen LogP contribution is -2.45. The molecular weight excluding hydrogens is 537 g/mol. The number of imidazole rings is 1. The summed E-state index contributed by atoms with van der Waals surface area (Å²) in [4.78, 5) is 17.4. The van der Waals surface area contributed by atoms with E-state index in [4.69, 9.17) is 13.2 Å². The van der Waals surface area contributed by atoms with Crippen LogP contribution >= 0.6 is 0 Å². The van der Waals surface area contributed by atoms with Crippen molar-refractivity contribution in [2.75, 3.05) is 13.7 Å². The highest BCUT2D eigenvalue weighted by atomic mass is 32.1. The highest BCUT2D eigenvalue weighted by Gasteiger charge is 2.36. The van der Waals surface area contributed by atoms with Gasteiger partial charge >= 0.3 is 17.7 Å². The minimum absolute atomic E-state index is 0.0108. The van der Waals surface area contributed by atoms with Crippen LogP contribution < -0.4 is 10.1 Å². The topological polar surface area (TPSA) is 134 Å². The predicted octanol–water partition coefficient (Wildman–Crippen LogP) is 4.06. The predicted molar refractivity (Wildman–Crippen MR) is 137 cm³/mol. The number of aryl methyl sites for hydroxylation is 1. The molecule has 1 fully saturated rings. The van der Waals surface area contributed by atoms with Gasteiger partial charge in [0.1, 0.15) is 17.6 Å². The molecule has 0 saturated heterocycles. The van der Waals surface area contributed by atoms with E-state index in [0.717, 1.165) is 19.8 Å². The molecule has 39 heavy (non-hydrogen) atoms. The van der Waals surface area contributed by atoms with Gasteiger partial charge in [-0.1, -0.05) is 26.8 Å². The van der Waals surface area contributed by atoms with Crippen LogP contribution in [0.3, 0.4) is 0 Å². The van der Waals surface area contributed by atoms with Crippen molar-refractivity contribution in [1.29, 1.82) is 5.26 Å². The van der Waals surface area contributed by atoms with Gasteiger partial charge in [0.15, 0.2) is 11.4 Å². The van der Waals surface area contributed by atoms with Crippen LogP contribution in [0.5, 0.6) is 5.75 Å². The fraction of sp³-hybridized carbons (Fsp3) is 0.577. The second-order valence-electron chi connectivity index (χ2n) is 9.84. The summed E-state index contributed by atoms with van der Waals surface area (Å²) in [6.45, 7) is 5.13. The molecule has 0 bridgehead atoms. The molecule has 9 nitrogen and oxygen atoms in total. The first kappa shape index (κ1) is 32.0. The molecule has 3 rings (SSSR count). The van der Waals surface area contributed by atoms with E-state index in [1.165, 1.54) is 17.7 Å². The number of halogens is 3. The van der Waals surface area contributed by atoms with Crippen molar-refractivity contribution in [3.63, 3.8) is 0 Å². The molecule has 1 aromatic heterocycles. The van der Waals surface area contributed by atoms with E-state index >= 15 is 0 Å². The van der Waals surface area contributed by atoms with Crippen molar-refractivity contribution in [2.45, 2.75) is 71.1 Å². The number of aromatic nitrogens is 2. The zero-order chi connectivity index (χ0) is 29.4. The van der Waals surface area contributed by atoms with E-state index in [9.17, 15) is 28.3 Å². The van der Waals surface area contributed by atoms with Crippen molar-refractivity contribution in [2.24, 2.45) is 11.8 Å². The van der Waals surface area contributed by atoms with E-state index < -0.39 is 35.2 Å². The maximum atomic E-state index is 13.0. The number of aliphatic hydroxyl groups is 1. The summed E-state index contributed by atoms with van der Waals surface area (Å²) in [6, 6.07) is 6.69. The molecule has 214 valence electrons. The van der Waals surface area contributed by atoms with Crippen LogP contribution in [-0.2, 0) is 24.4 Å². The molecule has 0 radical (unpaired) electrons. The van der Waals surface area contributed by atoms with E-state index in [1.807, 2.05) is 13.0 Å². The van der Waals surface area contributed by atoms with Crippen molar-refractivity contribution in [3.05, 3.63) is 41.0 Å². The van der Waals surface area contributed by atoms with Gasteiger partial charge in [-0.25, -0.2) is 4.98 Å². The lowest BCUT2D eigenvalue weighted by atomic mass is 9.79. The Hall–Kier alpha value is -3.24. The Labute approximate surface area is 229 Å². The number of benzene rings is 1. The molecule has 1 aliphatic carbocycles. The third-order valence-electron chi connectivity index (χ3n) is 6.95. The minimum Gasteiger partial charge on any atom is -0.495 e. The molecule has 1 saturated carbocycles. The number of nitrogens with one attached hydrogen (secondary N) is 1. The Balaban J connectivity index is 0.00000170. The Morgan fingerprint density at radius 2 is 1.97 bits per heavy atom. The average molecular weight is 571 g/mol. The van der Waals surface area contributed by atoms with Crippen LogP contribution in [-0.4, -0.2) is 54.4 Å². The average Bonchev–Trinajstić information content (AvgIpc) is 3.27. The normalized spacial score (nSPS) is 19.7. The molecule has 2 N–H and O–H groups in total. The summed E-state index contributed by atoms with van der Waals surface area (Å²) in [5.74, 6) is -0.868. The molecular formula is C26H33F3N4O5S. The van der Waals surface area contributed by atoms with Gasteiger partial charge in [-0.05, 0) is 55.7 Å². The summed E-state index contributed by atoms with van der Waals surface area (Å²) < 4.78 is 62.6. The number of nitriles is 1. The van der Waals surface area contributed by atoms with Gasteiger partial charge in [-0.15, -0.1) is 0 Å². The fourth-order valence-corrected chi connectivity index (χ4v) is 4.53. The number of hydrogen-bond donors (Lipinski definition) is 2. The first-order valence-corrected chi connectivity index (χ1v) is 13.2. The molecule has 0 aliphatic heterocycles. The zero-order valence-electron chi connectivity index (χ0n) is 22.3. The number of carbonyl (C=O) groups excluding carboxylic acids is 1. The Kier molecular flexibility index (Phi) is 11.2. The molecule has 13 heteroatoms. The Morgan fingerprint density at radius 3 is 2.49 bits per heavy atom. The lowest BCUT2D eigenvalue weighted by molar-refractivity contribution is -0.169. The number of hydrogen-bond acceptors (Lipinski definition) is 7. The van der Waals surface area contributed by atoms with E-state index in [1.54, 1.807) is 12.1 Å². The summed E-state index contributed by atoms with van der Waals surface area (Å²) in [6.07, 6.45) is -1.21. The quantitative estimate of drug-likeness (QED) is 0.489. The lowest BCUT2D eigenvalue weighted by Gasteiger charge is -2.34. The van der Waals surface area contributed by atoms with Gasteiger partial charge in [0.05, 0.1) is 24.3 Å². The first-order chi connectivity index (χ1) is 18.3. The fourth-order valence-electron chi connectivity index (χ4n) is 4.53. The van der Waals surface area contributed by atoms with E-state index in [-0.39, 0.29) is 30.1 Å². The van der Waals surface area contributed by atoms with Crippen LogP contribution in [0.15, 0.2) is 18.2 Å². The van der Waals surface area contributed by atoms with Crippen molar-refractivity contribution < 1.29 is 36.2 Å². The molecule has 2 aromatic rings. The largest absolute Gasteiger partial charge is 0.495 e. The number of rotatable bonds is 8. The monoisotopic (exact) mass is 570 g/mol. The Morgan fingerprint density at radius 1 is 1.36 bits per heavy atom. The number of nitrogens with zero attached hydrogens (tertiary/aromatic N) is 3. The summed E-state index contributed by atoms with van der Waals surface area (Å²) >= 11 is -0.750. The molecule has 1 unspecified atom stereocenters. The maximum absolute atomic E-state index is 13.0. The maximum Gasteiger partial charge on any atom is 0.391 e. The van der Waals surface area contributed by atoms with E-state index in [0.29, 0.717) is 42.3 Å². The highest BCUT2D eigenvalue weighted by molar-refractivity contribution is 7.51. The number of carbonyl (C=O) groups is 1. The van der Waals surface area contributed by atoms with Crippen molar-refractivity contribution in [1.82, 2.24) is 14.9 Å². The van der Waals surface area contributed by atoms with Gasteiger partial charge in [-0.2, -0.15) is 26.9 Å². The third kappa shape index (κ3) is 8.12. The summed E-state index contributed by atoms with van der Waals surface area (Å²) in [5, 5.41) is 23.5. The number of alkyl halides is 3. The van der Waals surface area contributed by atoms with Gasteiger partial charge in [-0.3, -0.25) is 9.36 Å². The van der Waals surface area contributed by atoms with Crippen LogP contribution in [0, 0.1) is 23.2 Å². The number of methoxy groups -OCH3 is 1. The highest BCUT2D eigenvalue weighted by Crippen LogP contribution is 2.33. The zero-order valence-corrected chi connectivity index (χ0v) is 23.1. The SMILES string of the molecule is CCc1nc(C(=O)NCC2(O)CCC(C)CC2)c(C#N)n1-c1ccc(CC(C)C(F)(F)F)cc1OC.O=S=O. The van der Waals surface area contributed by atoms with Crippen LogP contribution in [0.4, 0.5) is 13.2 Å². The molecule has 1 atom stereocenters. The number of ether oxygens (including phenoxy) is 1. The third-order valence-corrected chi connectivity index (χ3v) is 6.95. The second-order valence-corrected chi connectivity index (χ2v) is 9.97. The van der Waals surface area contributed by atoms with Crippen LogP contribution in [0.1, 0.15) is 74.0 Å². The van der Waals surface area contributed by atoms with Crippen molar-refractivity contribution in [3.8, 4) is 17.5 Å². The van der Waals surface area contributed by atoms with Crippen LogP contribution in [0.2, 0.25) is 0 Å². The van der Waals surface area contributed by atoms with E-state index in [2.05, 4.69) is 17.2 Å². The molecule has 0 spiro atoms. The molecule has 1 aliphatic rings. The molecule has 1 aromatic carbocycles. The summed E-state index contributed by atoms with van der Waals surface area (Å²) in [5.41, 5.74) is -0.231. The second kappa shape index (κ2) is 13.7. The van der Waals surface area contributed by atoms with Gasteiger partial charge in [0.2, 0.25) is 0 Å². The minimum atomic E-state index is -4.31. The first-order valence-electron chi connectivity index (χ1n) is 12.5. The standard InChI is InChI=1S/C26H33F3N4O3.O2S/c1-5-22-32-23(24(34)31-15-25(35)10-8-16(2)9-11-25)20(14-30)33(22)19-7-6-18(13-21(19)36-4)12-17(3)26(27,28)29;1-3-2/h6-7,13,16-17,35H,5,8-12,15H2,1-4H3,(H,31,34);.